The van der Waals surface area contributed by atoms with Crippen LogP contribution in [0.3, 0.4) is 0 Å². The van der Waals surface area contributed by atoms with Gasteiger partial charge >= 0.3 is 5.69 Å². The Bertz CT molecular complexity index is 1070. The molecule has 4 atom stereocenters. The Balaban J connectivity index is 1.50. The van der Waals surface area contributed by atoms with Gasteiger partial charge in [0.05, 0.1) is 17.1 Å². The van der Waals surface area contributed by atoms with Gasteiger partial charge in [-0.15, -0.1) is 0 Å². The van der Waals surface area contributed by atoms with Crippen LogP contribution < -0.4 is 5.69 Å². The maximum Gasteiger partial charge on any atom is 0.329 e. The van der Waals surface area contributed by atoms with Gasteiger partial charge in [-0.2, -0.15) is 0 Å². The normalized spacial score (nSPS) is 30.8. The van der Waals surface area contributed by atoms with Crippen molar-refractivity contribution in [1.29, 1.82) is 0 Å². The van der Waals surface area contributed by atoms with Crippen LogP contribution in [0.2, 0.25) is 0 Å². The van der Waals surface area contributed by atoms with Gasteiger partial charge in [0, 0.05) is 38.0 Å². The van der Waals surface area contributed by atoms with E-state index in [9.17, 15) is 14.4 Å². The van der Waals surface area contributed by atoms with Gasteiger partial charge in [-0.05, 0) is 37.8 Å². The Kier molecular flexibility index (Phi) is 3.95. The average Bonchev–Trinajstić information content (AvgIpc) is 3.12. The molecule has 7 nitrogen and oxygen atoms in total. The molecular formula is C22H28N4O3. The fourth-order valence-electron chi connectivity index (χ4n) is 6.49. The predicted molar refractivity (Wildman–Crippen MR) is 109 cm³/mol. The van der Waals surface area contributed by atoms with Gasteiger partial charge in [0.25, 0.3) is 0 Å². The molecule has 2 aliphatic heterocycles. The highest BCUT2D eigenvalue weighted by Gasteiger charge is 2.61. The fraction of sp³-hybridized carbons (Fsp3) is 0.591. The van der Waals surface area contributed by atoms with Gasteiger partial charge in [0.1, 0.15) is 6.54 Å². The highest BCUT2D eigenvalue weighted by molar-refractivity contribution is 5.82. The number of piperidine rings is 1. The minimum absolute atomic E-state index is 0.0181. The van der Waals surface area contributed by atoms with E-state index in [1.807, 2.05) is 34.1 Å². The number of hydrogen-bond donors (Lipinski definition) is 0. The second-order valence-electron chi connectivity index (χ2n) is 9.22. The summed E-state index contributed by atoms with van der Waals surface area (Å²) in [5.74, 6) is 0.0966. The summed E-state index contributed by atoms with van der Waals surface area (Å²) < 4.78 is 3.18. The molecule has 3 heterocycles. The van der Waals surface area contributed by atoms with E-state index in [1.165, 1.54) is 0 Å². The first-order valence-electron chi connectivity index (χ1n) is 10.6. The van der Waals surface area contributed by atoms with Crippen LogP contribution >= 0.6 is 0 Å². The molecule has 0 spiro atoms. The molecule has 1 saturated carbocycles. The number of likely N-dealkylation sites (tertiary alicyclic amines) is 2. The summed E-state index contributed by atoms with van der Waals surface area (Å²) in [6.45, 7) is 4.52. The van der Waals surface area contributed by atoms with E-state index in [0.717, 1.165) is 36.7 Å². The number of amides is 2. The highest BCUT2D eigenvalue weighted by atomic mass is 16.2. The SMILES string of the molecule is CC(=O)N1[C@@H]2CN(C(=O)Cn3c(=O)n(C)c4ccccc43)[C@@H]3CCC[C@H]1[C@]3(C)C2. The minimum atomic E-state index is -0.169. The van der Waals surface area contributed by atoms with Gasteiger partial charge in [0.15, 0.2) is 0 Å². The van der Waals surface area contributed by atoms with Gasteiger partial charge in [-0.25, -0.2) is 4.79 Å². The Morgan fingerprint density at radius 3 is 2.55 bits per heavy atom. The lowest BCUT2D eigenvalue weighted by Gasteiger charge is -2.49. The molecule has 0 N–H and O–H groups in total. The van der Waals surface area contributed by atoms with Crippen molar-refractivity contribution in [2.45, 2.75) is 64.2 Å². The Labute approximate surface area is 169 Å². The first-order chi connectivity index (χ1) is 13.8. The molecule has 1 aromatic carbocycles. The van der Waals surface area contributed by atoms with Crippen LogP contribution in [0.15, 0.2) is 29.1 Å². The van der Waals surface area contributed by atoms with Crippen molar-refractivity contribution in [1.82, 2.24) is 18.9 Å². The second-order valence-corrected chi connectivity index (χ2v) is 9.22. The van der Waals surface area contributed by atoms with Crippen molar-refractivity contribution in [3.63, 3.8) is 0 Å². The molecule has 2 amide bonds. The van der Waals surface area contributed by atoms with E-state index in [0.29, 0.717) is 6.54 Å². The fourth-order valence-corrected chi connectivity index (χ4v) is 6.49. The van der Waals surface area contributed by atoms with Crippen molar-refractivity contribution in [2.24, 2.45) is 12.5 Å². The molecule has 0 unspecified atom stereocenters. The largest absolute Gasteiger partial charge is 0.335 e. The molecular weight excluding hydrogens is 368 g/mol. The van der Waals surface area contributed by atoms with Crippen LogP contribution in [0.1, 0.15) is 39.5 Å². The standard InChI is InChI=1S/C22H28N4O3/c1-14(27)26-15-11-22(2)18(9-6-10-19(22)26)25(12-15)20(28)13-24-17-8-5-4-7-16(17)23(3)21(24)29/h4-5,7-8,15,18-19H,6,9-13H2,1-3H3/t15-,18+,19-,22+/m0/s1. The molecule has 2 aromatic rings. The zero-order valence-corrected chi connectivity index (χ0v) is 17.3. The summed E-state index contributed by atoms with van der Waals surface area (Å²) in [6.07, 6.45) is 3.99. The molecule has 5 rings (SSSR count). The van der Waals surface area contributed by atoms with E-state index >= 15 is 0 Å². The maximum atomic E-state index is 13.5. The molecule has 2 saturated heterocycles. The number of fused-ring (bicyclic) bond motifs is 2. The summed E-state index contributed by atoms with van der Waals surface area (Å²) in [7, 11) is 1.74. The number of para-hydroxylation sites is 2. The summed E-state index contributed by atoms with van der Waals surface area (Å²) in [5.41, 5.74) is 1.40. The Morgan fingerprint density at radius 2 is 1.83 bits per heavy atom. The van der Waals surface area contributed by atoms with Gasteiger partial charge in [-0.3, -0.25) is 18.7 Å². The van der Waals surface area contributed by atoms with Crippen molar-refractivity contribution in [3.05, 3.63) is 34.7 Å². The van der Waals surface area contributed by atoms with Crippen LogP contribution in [0.5, 0.6) is 0 Å². The molecule has 29 heavy (non-hydrogen) atoms. The molecule has 2 bridgehead atoms. The molecule has 3 aliphatic rings. The summed E-state index contributed by atoms with van der Waals surface area (Å²) >= 11 is 0. The first-order valence-corrected chi connectivity index (χ1v) is 10.6. The number of carbonyl (C=O) groups excluding carboxylic acids is 2. The van der Waals surface area contributed by atoms with Gasteiger partial charge in [0.2, 0.25) is 11.8 Å². The van der Waals surface area contributed by atoms with Crippen LogP contribution in [0.25, 0.3) is 11.0 Å². The summed E-state index contributed by atoms with van der Waals surface area (Å²) in [5, 5.41) is 0. The summed E-state index contributed by atoms with van der Waals surface area (Å²) in [6, 6.07) is 8.03. The van der Waals surface area contributed by atoms with Crippen molar-refractivity contribution >= 4 is 22.8 Å². The number of aryl methyl sites for hydroxylation is 1. The van der Waals surface area contributed by atoms with Gasteiger partial charge in [-0.1, -0.05) is 19.1 Å². The van der Waals surface area contributed by atoms with E-state index in [1.54, 1.807) is 23.1 Å². The lowest BCUT2D eigenvalue weighted by atomic mass is 9.66. The number of nitrogens with zero attached hydrogens (tertiary/aromatic N) is 4. The quantitative estimate of drug-likeness (QED) is 0.776. The number of hydrogen-bond acceptors (Lipinski definition) is 3. The van der Waals surface area contributed by atoms with Crippen LogP contribution in [0.4, 0.5) is 0 Å². The zero-order valence-electron chi connectivity index (χ0n) is 17.3. The lowest BCUT2D eigenvalue weighted by molar-refractivity contribution is -0.140. The Hall–Kier alpha value is -2.57. The molecule has 7 heteroatoms. The van der Waals surface area contributed by atoms with Crippen LogP contribution in [0, 0.1) is 5.41 Å². The molecule has 1 aliphatic carbocycles. The van der Waals surface area contributed by atoms with E-state index < -0.39 is 0 Å². The second kappa shape index (κ2) is 6.21. The number of benzene rings is 1. The zero-order chi connectivity index (χ0) is 20.5. The smallest absolute Gasteiger partial charge is 0.329 e. The Morgan fingerprint density at radius 1 is 1.14 bits per heavy atom. The number of carbonyl (C=O) groups is 2. The number of rotatable bonds is 2. The highest BCUT2D eigenvalue weighted by Crippen LogP contribution is 2.54. The summed E-state index contributed by atoms with van der Waals surface area (Å²) in [4.78, 5) is 42.6. The monoisotopic (exact) mass is 396 g/mol. The van der Waals surface area contributed by atoms with E-state index in [2.05, 4.69) is 6.92 Å². The third-order valence-electron chi connectivity index (χ3n) is 7.69. The third-order valence-corrected chi connectivity index (χ3v) is 7.69. The molecule has 0 radical (unpaired) electrons. The van der Waals surface area contributed by atoms with Crippen molar-refractivity contribution in [3.8, 4) is 0 Å². The van der Waals surface area contributed by atoms with Gasteiger partial charge < -0.3 is 9.80 Å². The maximum absolute atomic E-state index is 13.5. The lowest BCUT2D eigenvalue weighted by Crippen LogP contribution is -2.58. The first kappa shape index (κ1) is 18.5. The average molecular weight is 396 g/mol. The number of imidazole rings is 1. The predicted octanol–water partition coefficient (Wildman–Crippen LogP) is 1.73. The minimum Gasteiger partial charge on any atom is -0.335 e. The van der Waals surface area contributed by atoms with E-state index in [4.69, 9.17) is 0 Å². The van der Waals surface area contributed by atoms with Crippen LogP contribution in [-0.2, 0) is 23.2 Å². The van der Waals surface area contributed by atoms with Crippen molar-refractivity contribution < 1.29 is 9.59 Å². The number of aromatic nitrogens is 2. The van der Waals surface area contributed by atoms with E-state index in [-0.39, 0.29) is 47.6 Å². The van der Waals surface area contributed by atoms with Crippen LogP contribution in [-0.4, -0.2) is 55.4 Å². The molecule has 1 aromatic heterocycles. The van der Waals surface area contributed by atoms with Crippen molar-refractivity contribution in [2.75, 3.05) is 6.54 Å². The molecule has 3 fully saturated rings. The third kappa shape index (κ3) is 2.45. The topological polar surface area (TPSA) is 67.6 Å². The molecule has 154 valence electrons.